The molecule has 0 radical (unpaired) electrons. The van der Waals surface area contributed by atoms with Crippen molar-refractivity contribution in [2.45, 2.75) is 66.1 Å². The second-order valence-corrected chi connectivity index (χ2v) is 6.62. The highest BCUT2D eigenvalue weighted by Crippen LogP contribution is 2.18. The fraction of sp³-hybridized carbons (Fsp3) is 0.588. The van der Waals surface area contributed by atoms with Crippen molar-refractivity contribution in [3.8, 4) is 0 Å². The maximum atomic E-state index is 5.86. The van der Waals surface area contributed by atoms with E-state index in [1.807, 2.05) is 19.3 Å². The molecule has 0 saturated heterocycles. The molecule has 0 amide bonds. The van der Waals surface area contributed by atoms with Gasteiger partial charge < -0.3 is 14.3 Å². The molecule has 0 unspecified atom stereocenters. The van der Waals surface area contributed by atoms with Gasteiger partial charge in [0.1, 0.15) is 17.3 Å². The lowest BCUT2D eigenvalue weighted by Crippen LogP contribution is -2.34. The first kappa shape index (κ1) is 15.8. The number of furan rings is 1. The second-order valence-electron chi connectivity index (χ2n) is 6.62. The van der Waals surface area contributed by atoms with Crippen LogP contribution in [0.4, 0.5) is 0 Å². The monoisotopic (exact) mass is 289 g/mol. The van der Waals surface area contributed by atoms with E-state index in [0.717, 1.165) is 43.3 Å². The third-order valence-electron chi connectivity index (χ3n) is 3.48. The summed E-state index contributed by atoms with van der Waals surface area (Å²) < 4.78 is 8.07. The van der Waals surface area contributed by atoms with Crippen molar-refractivity contribution in [2.75, 3.05) is 0 Å². The Labute approximate surface area is 127 Å². The fourth-order valence-electron chi connectivity index (χ4n) is 2.30. The van der Waals surface area contributed by atoms with Gasteiger partial charge in [-0.25, -0.2) is 4.98 Å². The van der Waals surface area contributed by atoms with E-state index in [9.17, 15) is 0 Å². The van der Waals surface area contributed by atoms with Crippen LogP contribution in [0.2, 0.25) is 0 Å². The summed E-state index contributed by atoms with van der Waals surface area (Å²) in [7, 11) is 0. The molecule has 0 atom stereocenters. The summed E-state index contributed by atoms with van der Waals surface area (Å²) in [6.45, 7) is 12.3. The largest absolute Gasteiger partial charge is 0.465 e. The van der Waals surface area contributed by atoms with Gasteiger partial charge in [0.25, 0.3) is 0 Å². The van der Waals surface area contributed by atoms with Gasteiger partial charge in [-0.2, -0.15) is 0 Å². The second kappa shape index (κ2) is 6.48. The molecule has 0 spiro atoms. The molecule has 1 N–H and O–H groups in total. The molecule has 116 valence electrons. The molecule has 4 heteroatoms. The van der Waals surface area contributed by atoms with E-state index in [1.54, 1.807) is 0 Å². The average molecular weight is 289 g/mol. The molecule has 21 heavy (non-hydrogen) atoms. The molecule has 0 aliphatic carbocycles. The standard InChI is InChI=1S/C17H27N3O/c1-6-7-16-18-8-9-20(16)12-14-10-15(21-13(14)2)11-19-17(3,4)5/h8-10,19H,6-7,11-12H2,1-5H3. The van der Waals surface area contributed by atoms with Crippen LogP contribution in [0.1, 0.15) is 57.0 Å². The van der Waals surface area contributed by atoms with Crippen LogP contribution in [-0.2, 0) is 19.5 Å². The maximum Gasteiger partial charge on any atom is 0.118 e. The summed E-state index contributed by atoms with van der Waals surface area (Å²) >= 11 is 0. The average Bonchev–Trinajstić information content (AvgIpc) is 2.96. The van der Waals surface area contributed by atoms with Crippen LogP contribution in [0.5, 0.6) is 0 Å². The van der Waals surface area contributed by atoms with E-state index in [2.05, 4.69) is 48.6 Å². The highest BCUT2D eigenvalue weighted by Gasteiger charge is 2.13. The molecule has 0 saturated carbocycles. The number of hydrogen-bond donors (Lipinski definition) is 1. The summed E-state index contributed by atoms with van der Waals surface area (Å²) in [4.78, 5) is 4.43. The van der Waals surface area contributed by atoms with Crippen molar-refractivity contribution in [2.24, 2.45) is 0 Å². The van der Waals surface area contributed by atoms with E-state index in [1.165, 1.54) is 5.56 Å². The van der Waals surface area contributed by atoms with Gasteiger partial charge in [0.05, 0.1) is 13.1 Å². The number of nitrogens with zero attached hydrogens (tertiary/aromatic N) is 2. The van der Waals surface area contributed by atoms with E-state index >= 15 is 0 Å². The lowest BCUT2D eigenvalue weighted by atomic mass is 10.1. The van der Waals surface area contributed by atoms with Gasteiger partial charge in [0.15, 0.2) is 0 Å². The number of hydrogen-bond acceptors (Lipinski definition) is 3. The zero-order valence-electron chi connectivity index (χ0n) is 13.9. The Hall–Kier alpha value is -1.55. The lowest BCUT2D eigenvalue weighted by Gasteiger charge is -2.19. The van der Waals surface area contributed by atoms with Crippen LogP contribution in [0.15, 0.2) is 22.9 Å². The minimum atomic E-state index is 0.0967. The molecule has 2 aromatic rings. The van der Waals surface area contributed by atoms with Crippen LogP contribution in [-0.4, -0.2) is 15.1 Å². The molecule has 2 heterocycles. The van der Waals surface area contributed by atoms with Crippen molar-refractivity contribution < 1.29 is 4.42 Å². The Kier molecular flexibility index (Phi) is 4.88. The SMILES string of the molecule is CCCc1nccn1Cc1cc(CNC(C)(C)C)oc1C. The number of aryl methyl sites for hydroxylation is 2. The van der Waals surface area contributed by atoms with Crippen LogP contribution < -0.4 is 5.32 Å². The molecule has 4 nitrogen and oxygen atoms in total. The Morgan fingerprint density at radius 2 is 2.10 bits per heavy atom. The van der Waals surface area contributed by atoms with Crippen LogP contribution in [0.25, 0.3) is 0 Å². The molecular formula is C17H27N3O. The van der Waals surface area contributed by atoms with Gasteiger partial charge in [-0.1, -0.05) is 6.92 Å². The minimum Gasteiger partial charge on any atom is -0.465 e. The zero-order chi connectivity index (χ0) is 15.5. The van der Waals surface area contributed by atoms with Crippen molar-refractivity contribution in [3.63, 3.8) is 0 Å². The topological polar surface area (TPSA) is 43.0 Å². The zero-order valence-corrected chi connectivity index (χ0v) is 13.9. The van der Waals surface area contributed by atoms with Crippen molar-refractivity contribution in [3.05, 3.63) is 41.4 Å². The number of aromatic nitrogens is 2. The predicted molar refractivity (Wildman–Crippen MR) is 85.4 cm³/mol. The van der Waals surface area contributed by atoms with E-state index in [4.69, 9.17) is 4.42 Å². The third kappa shape index (κ3) is 4.46. The molecule has 0 fully saturated rings. The van der Waals surface area contributed by atoms with Gasteiger partial charge in [0, 0.05) is 29.9 Å². The summed E-state index contributed by atoms with van der Waals surface area (Å²) in [5.74, 6) is 3.14. The highest BCUT2D eigenvalue weighted by atomic mass is 16.3. The van der Waals surface area contributed by atoms with Gasteiger partial charge in [-0.3, -0.25) is 0 Å². The molecular weight excluding hydrogens is 262 g/mol. The summed E-state index contributed by atoms with van der Waals surface area (Å²) in [6.07, 6.45) is 6.05. The molecule has 0 aromatic carbocycles. The third-order valence-corrected chi connectivity index (χ3v) is 3.48. The van der Waals surface area contributed by atoms with Gasteiger partial charge >= 0.3 is 0 Å². The highest BCUT2D eigenvalue weighted by molar-refractivity contribution is 5.22. The van der Waals surface area contributed by atoms with Crippen molar-refractivity contribution in [1.82, 2.24) is 14.9 Å². The van der Waals surface area contributed by atoms with Gasteiger partial charge in [-0.05, 0) is 40.2 Å². The number of nitrogens with one attached hydrogen (secondary N) is 1. The predicted octanol–water partition coefficient (Wildman–Crippen LogP) is 3.67. The van der Waals surface area contributed by atoms with Gasteiger partial charge in [0.2, 0.25) is 0 Å². The Morgan fingerprint density at radius 1 is 1.33 bits per heavy atom. The Morgan fingerprint density at radius 3 is 2.76 bits per heavy atom. The number of imidazole rings is 1. The van der Waals surface area contributed by atoms with Crippen molar-refractivity contribution >= 4 is 0 Å². The van der Waals surface area contributed by atoms with Crippen LogP contribution in [0.3, 0.4) is 0 Å². The first-order valence-electron chi connectivity index (χ1n) is 7.72. The van der Waals surface area contributed by atoms with Crippen LogP contribution >= 0.6 is 0 Å². The molecule has 0 aliphatic rings. The summed E-state index contributed by atoms with van der Waals surface area (Å²) in [5, 5.41) is 3.46. The Balaban J connectivity index is 2.07. The van der Waals surface area contributed by atoms with Crippen molar-refractivity contribution in [1.29, 1.82) is 0 Å². The minimum absolute atomic E-state index is 0.0967. The maximum absolute atomic E-state index is 5.86. The lowest BCUT2D eigenvalue weighted by molar-refractivity contribution is 0.382. The van der Waals surface area contributed by atoms with E-state index < -0.39 is 0 Å². The smallest absolute Gasteiger partial charge is 0.118 e. The number of rotatable bonds is 6. The molecule has 2 rings (SSSR count). The normalized spacial score (nSPS) is 12.0. The quantitative estimate of drug-likeness (QED) is 0.882. The van der Waals surface area contributed by atoms with E-state index in [-0.39, 0.29) is 5.54 Å². The van der Waals surface area contributed by atoms with Gasteiger partial charge in [-0.15, -0.1) is 0 Å². The van der Waals surface area contributed by atoms with Crippen LogP contribution in [0, 0.1) is 6.92 Å². The fourth-order valence-corrected chi connectivity index (χ4v) is 2.30. The Bertz CT molecular complexity index is 575. The molecule has 0 aliphatic heterocycles. The molecule has 2 aromatic heterocycles. The molecule has 0 bridgehead atoms. The van der Waals surface area contributed by atoms with E-state index in [0.29, 0.717) is 0 Å². The summed E-state index contributed by atoms with van der Waals surface area (Å²) in [5.41, 5.74) is 1.33. The summed E-state index contributed by atoms with van der Waals surface area (Å²) in [6, 6.07) is 2.16. The first-order valence-corrected chi connectivity index (χ1v) is 7.72. The first-order chi connectivity index (χ1) is 9.89.